The molecular weight excluding hydrogens is 442 g/mol. The van der Waals surface area contributed by atoms with Crippen molar-refractivity contribution in [2.75, 3.05) is 13.2 Å². The molecule has 2 aromatic rings. The highest BCUT2D eigenvalue weighted by Gasteiger charge is 2.33. The lowest BCUT2D eigenvalue weighted by atomic mass is 9.98. The van der Waals surface area contributed by atoms with Crippen LogP contribution in [-0.4, -0.2) is 57.0 Å². The van der Waals surface area contributed by atoms with Crippen LogP contribution in [0.2, 0.25) is 0 Å². The molecule has 0 radical (unpaired) electrons. The van der Waals surface area contributed by atoms with Crippen LogP contribution < -0.4 is 15.4 Å². The highest BCUT2D eigenvalue weighted by Crippen LogP contribution is 2.25. The van der Waals surface area contributed by atoms with Crippen LogP contribution in [0.4, 0.5) is 4.79 Å². The number of hydrogen-bond acceptors (Lipinski definition) is 5. The molecule has 4 N–H and O–H groups in total. The molecule has 0 spiro atoms. The van der Waals surface area contributed by atoms with Gasteiger partial charge in [0.1, 0.15) is 0 Å². The first-order chi connectivity index (χ1) is 15.8. The van der Waals surface area contributed by atoms with Gasteiger partial charge in [0.25, 0.3) is 0 Å². The third kappa shape index (κ3) is 7.26. The van der Waals surface area contributed by atoms with Gasteiger partial charge in [-0.2, -0.15) is 0 Å². The van der Waals surface area contributed by atoms with Gasteiger partial charge < -0.3 is 20.5 Å². The first-order valence-corrected chi connectivity index (χ1v) is 12.8. The molecule has 1 heterocycles. The fourth-order valence-corrected chi connectivity index (χ4v) is 5.16. The Balaban J connectivity index is 1.55. The Morgan fingerprint density at radius 3 is 2.36 bits per heavy atom. The van der Waals surface area contributed by atoms with Crippen molar-refractivity contribution in [1.82, 2.24) is 15.4 Å². The molecule has 3 atom stereocenters. The van der Waals surface area contributed by atoms with Crippen molar-refractivity contribution < 1.29 is 23.1 Å². The summed E-state index contributed by atoms with van der Waals surface area (Å²) in [6.45, 7) is 3.91. The van der Waals surface area contributed by atoms with Gasteiger partial charge in [-0.15, -0.1) is 0 Å². The van der Waals surface area contributed by atoms with Crippen LogP contribution in [0.3, 0.4) is 0 Å². The van der Waals surface area contributed by atoms with Gasteiger partial charge in [-0.3, -0.25) is 0 Å². The standard InChI is InChI=1S/C24H33N3O5S/c1-17(2)26-24(29)25-15-14-20-10-13-22(23(16-28)32-20)27-33(30,31)21-11-8-19(9-12-21)18-6-4-3-5-7-18/h3-9,11-12,17,20,22-23,27-28H,10,13-16H2,1-2H3,(H2,25,26,29)/t20-,22-,23+/m1/s1. The monoisotopic (exact) mass is 475 g/mol. The Bertz CT molecular complexity index is 997. The highest BCUT2D eigenvalue weighted by molar-refractivity contribution is 7.89. The molecule has 1 aliphatic rings. The molecule has 0 aliphatic carbocycles. The van der Waals surface area contributed by atoms with E-state index in [1.54, 1.807) is 24.3 Å². The average Bonchev–Trinajstić information content (AvgIpc) is 2.80. The number of ether oxygens (including phenoxy) is 1. The zero-order valence-corrected chi connectivity index (χ0v) is 19.8. The molecule has 1 aliphatic heterocycles. The summed E-state index contributed by atoms with van der Waals surface area (Å²) >= 11 is 0. The summed E-state index contributed by atoms with van der Waals surface area (Å²) in [5.41, 5.74) is 1.94. The molecule has 0 unspecified atom stereocenters. The third-order valence-corrected chi connectivity index (χ3v) is 7.05. The molecule has 2 aromatic carbocycles. The minimum Gasteiger partial charge on any atom is -0.394 e. The summed E-state index contributed by atoms with van der Waals surface area (Å²) in [6, 6.07) is 15.8. The zero-order chi connectivity index (χ0) is 23.8. The molecule has 180 valence electrons. The number of amides is 2. The molecule has 8 nitrogen and oxygen atoms in total. The van der Waals surface area contributed by atoms with Crippen LogP contribution in [0, 0.1) is 0 Å². The lowest BCUT2D eigenvalue weighted by Crippen LogP contribution is -2.51. The summed E-state index contributed by atoms with van der Waals surface area (Å²) in [4.78, 5) is 11.8. The molecule has 9 heteroatoms. The number of carbonyl (C=O) groups is 1. The van der Waals surface area contributed by atoms with Gasteiger partial charge in [-0.1, -0.05) is 42.5 Å². The maximum atomic E-state index is 12.9. The van der Waals surface area contributed by atoms with E-state index < -0.39 is 22.2 Å². The number of rotatable bonds is 9. The Kier molecular flexibility index (Phi) is 8.85. The summed E-state index contributed by atoms with van der Waals surface area (Å²) in [5, 5.41) is 15.3. The number of nitrogens with one attached hydrogen (secondary N) is 3. The predicted octanol–water partition coefficient (Wildman–Crippen LogP) is 2.64. The van der Waals surface area contributed by atoms with Crippen molar-refractivity contribution in [2.45, 2.75) is 62.3 Å². The smallest absolute Gasteiger partial charge is 0.314 e. The van der Waals surface area contributed by atoms with Crippen LogP contribution >= 0.6 is 0 Å². The molecule has 0 aromatic heterocycles. The second-order valence-electron chi connectivity index (χ2n) is 8.52. The predicted molar refractivity (Wildman–Crippen MR) is 127 cm³/mol. The minimum absolute atomic E-state index is 0.0537. The normalized spacial score (nSPS) is 21.0. The summed E-state index contributed by atoms with van der Waals surface area (Å²) in [5.74, 6) is 0. The summed E-state index contributed by atoms with van der Waals surface area (Å²) in [7, 11) is -3.77. The second-order valence-corrected chi connectivity index (χ2v) is 10.2. The molecule has 1 fully saturated rings. The van der Waals surface area contributed by atoms with Gasteiger partial charge in [-0.25, -0.2) is 17.9 Å². The largest absolute Gasteiger partial charge is 0.394 e. The fourth-order valence-electron chi connectivity index (χ4n) is 3.86. The van der Waals surface area contributed by atoms with Crippen LogP contribution in [-0.2, 0) is 14.8 Å². The van der Waals surface area contributed by atoms with E-state index in [4.69, 9.17) is 4.74 Å². The van der Waals surface area contributed by atoms with E-state index in [2.05, 4.69) is 15.4 Å². The third-order valence-electron chi connectivity index (χ3n) is 5.55. The quantitative estimate of drug-likeness (QED) is 0.445. The Labute approximate surface area is 195 Å². The topological polar surface area (TPSA) is 117 Å². The molecule has 0 saturated carbocycles. The van der Waals surface area contributed by atoms with Crippen molar-refractivity contribution in [2.24, 2.45) is 0 Å². The van der Waals surface area contributed by atoms with Gasteiger partial charge in [0.15, 0.2) is 0 Å². The second kappa shape index (κ2) is 11.6. The molecule has 33 heavy (non-hydrogen) atoms. The van der Waals surface area contributed by atoms with Gasteiger partial charge in [0.05, 0.1) is 29.8 Å². The van der Waals surface area contributed by atoms with Crippen molar-refractivity contribution in [3.63, 3.8) is 0 Å². The number of aliphatic hydroxyl groups excluding tert-OH is 1. The van der Waals surface area contributed by atoms with E-state index in [1.165, 1.54) is 0 Å². The zero-order valence-electron chi connectivity index (χ0n) is 19.0. The Morgan fingerprint density at radius 1 is 1.06 bits per heavy atom. The van der Waals surface area contributed by atoms with E-state index in [-0.39, 0.29) is 29.7 Å². The van der Waals surface area contributed by atoms with Gasteiger partial charge in [0.2, 0.25) is 10.0 Å². The van der Waals surface area contributed by atoms with Crippen LogP contribution in [0.25, 0.3) is 11.1 Å². The van der Waals surface area contributed by atoms with Crippen molar-refractivity contribution in [1.29, 1.82) is 0 Å². The van der Waals surface area contributed by atoms with E-state index in [9.17, 15) is 18.3 Å². The van der Waals surface area contributed by atoms with Gasteiger partial charge in [-0.05, 0) is 56.4 Å². The van der Waals surface area contributed by atoms with Gasteiger partial charge >= 0.3 is 6.03 Å². The number of hydrogen-bond donors (Lipinski definition) is 4. The number of benzene rings is 2. The molecule has 2 amide bonds. The minimum atomic E-state index is -3.77. The van der Waals surface area contributed by atoms with E-state index in [0.717, 1.165) is 11.1 Å². The molecular formula is C24H33N3O5S. The van der Waals surface area contributed by atoms with Crippen molar-refractivity contribution in [3.8, 4) is 11.1 Å². The number of carbonyl (C=O) groups excluding carboxylic acids is 1. The first kappa shape index (κ1) is 25.2. The van der Waals surface area contributed by atoms with Crippen molar-refractivity contribution in [3.05, 3.63) is 54.6 Å². The average molecular weight is 476 g/mol. The van der Waals surface area contributed by atoms with Crippen LogP contribution in [0.1, 0.15) is 33.1 Å². The lowest BCUT2D eigenvalue weighted by Gasteiger charge is -2.36. The molecule has 0 bridgehead atoms. The number of urea groups is 1. The van der Waals surface area contributed by atoms with Gasteiger partial charge in [0, 0.05) is 12.6 Å². The Morgan fingerprint density at radius 2 is 1.73 bits per heavy atom. The summed E-state index contributed by atoms with van der Waals surface area (Å²) in [6.07, 6.45) is 0.945. The summed E-state index contributed by atoms with van der Waals surface area (Å²) < 4.78 is 34.5. The SMILES string of the molecule is CC(C)NC(=O)NCC[C@H]1CC[C@@H](NS(=O)(=O)c2ccc(-c3ccccc3)cc2)[C@H](CO)O1. The van der Waals surface area contributed by atoms with E-state index in [1.807, 2.05) is 44.2 Å². The van der Waals surface area contributed by atoms with Crippen LogP contribution in [0.15, 0.2) is 59.5 Å². The highest BCUT2D eigenvalue weighted by atomic mass is 32.2. The lowest BCUT2D eigenvalue weighted by molar-refractivity contribution is -0.0871. The molecule has 3 rings (SSSR count). The van der Waals surface area contributed by atoms with E-state index >= 15 is 0 Å². The Hall–Kier alpha value is -2.46. The fraction of sp³-hybridized carbons (Fsp3) is 0.458. The number of sulfonamides is 1. The first-order valence-electron chi connectivity index (χ1n) is 11.3. The maximum absolute atomic E-state index is 12.9. The van der Waals surface area contributed by atoms with Crippen molar-refractivity contribution >= 4 is 16.1 Å². The molecule has 1 saturated heterocycles. The number of aliphatic hydroxyl groups is 1. The van der Waals surface area contributed by atoms with Crippen LogP contribution in [0.5, 0.6) is 0 Å². The van der Waals surface area contributed by atoms with E-state index in [0.29, 0.717) is 25.8 Å². The maximum Gasteiger partial charge on any atom is 0.314 e.